The Morgan fingerprint density at radius 3 is 1.32 bits per heavy atom. The van der Waals surface area contributed by atoms with Crippen LogP contribution in [0.4, 0.5) is 8.78 Å². The van der Waals surface area contributed by atoms with Gasteiger partial charge in [-0.25, -0.2) is 8.42 Å². The average Bonchev–Trinajstić information content (AvgIpc) is 3.65. The van der Waals surface area contributed by atoms with Crippen LogP contribution in [0.25, 0.3) is 10.8 Å². The van der Waals surface area contributed by atoms with Crippen molar-refractivity contribution in [1.82, 2.24) is 0 Å². The Bertz CT molecular complexity index is 2740. The summed E-state index contributed by atoms with van der Waals surface area (Å²) in [5.41, 5.74) is 5.96. The minimum atomic E-state index is -5.84. The van der Waals surface area contributed by atoms with Gasteiger partial charge in [-0.1, -0.05) is 183 Å². The lowest BCUT2D eigenvalue weighted by molar-refractivity contribution is -0.164. The first-order chi connectivity index (χ1) is 35.0. The maximum Gasteiger partial charge on any atom is 0.369 e. The summed E-state index contributed by atoms with van der Waals surface area (Å²) in [6.07, 6.45) is 0.366. The Balaban J connectivity index is 0.000000203. The summed E-state index contributed by atoms with van der Waals surface area (Å²) in [4.78, 5) is 15.2. The summed E-state index contributed by atoms with van der Waals surface area (Å²) in [5.74, 6) is 1.30. The minimum Gasteiger partial charge on any atom is -0.743 e. The number of phenols is 1. The third-order valence-corrected chi connectivity index (χ3v) is 16.9. The summed E-state index contributed by atoms with van der Waals surface area (Å²) in [6, 6.07) is 61.2. The molecule has 7 nitrogen and oxygen atoms in total. The van der Waals surface area contributed by atoms with E-state index < -0.39 is 39.0 Å². The van der Waals surface area contributed by atoms with Gasteiger partial charge in [-0.15, -0.1) is 0 Å². The highest BCUT2D eigenvalue weighted by atomic mass is 32.2. The van der Waals surface area contributed by atoms with Crippen LogP contribution < -0.4 is 0 Å². The molecule has 8 rings (SSSR count). The van der Waals surface area contributed by atoms with Crippen molar-refractivity contribution >= 4 is 37.8 Å². The molecule has 0 saturated heterocycles. The van der Waals surface area contributed by atoms with Crippen molar-refractivity contribution in [2.24, 2.45) is 5.92 Å². The molecule has 7 aromatic carbocycles. The molecular formula is C63H76F2O7S2. The largest absolute Gasteiger partial charge is 0.743 e. The zero-order chi connectivity index (χ0) is 54.8. The molecule has 0 spiro atoms. The summed E-state index contributed by atoms with van der Waals surface area (Å²) in [7, 11) is -5.85. The van der Waals surface area contributed by atoms with Crippen LogP contribution in [0.15, 0.2) is 191 Å². The van der Waals surface area contributed by atoms with E-state index in [0.29, 0.717) is 42.8 Å². The normalized spacial score (nSPS) is 15.5. The van der Waals surface area contributed by atoms with E-state index >= 15 is 0 Å². The van der Waals surface area contributed by atoms with E-state index in [1.165, 1.54) is 54.6 Å². The summed E-state index contributed by atoms with van der Waals surface area (Å²) in [6.45, 7) is 20.8. The molecule has 6 unspecified atom stereocenters. The van der Waals surface area contributed by atoms with Gasteiger partial charge in [-0.2, -0.15) is 8.78 Å². The molecule has 2 N–H and O–H groups in total. The highest BCUT2D eigenvalue weighted by molar-refractivity contribution is 7.97. The Labute approximate surface area is 443 Å². The van der Waals surface area contributed by atoms with Crippen LogP contribution in [0.3, 0.4) is 0 Å². The van der Waals surface area contributed by atoms with Crippen LogP contribution >= 0.6 is 0 Å². The first-order valence-electron chi connectivity index (χ1n) is 25.5. The van der Waals surface area contributed by atoms with E-state index in [-0.39, 0.29) is 10.9 Å². The molecular weight excluding hydrogens is 971 g/mol. The minimum absolute atomic E-state index is 0.0146. The first-order valence-corrected chi connectivity index (χ1v) is 28.2. The quantitative estimate of drug-likeness (QED) is 0.0669. The van der Waals surface area contributed by atoms with E-state index in [9.17, 15) is 31.7 Å². The zero-order valence-corrected chi connectivity index (χ0v) is 46.5. The molecule has 7 aromatic rings. The Morgan fingerprint density at radius 1 is 0.608 bits per heavy atom. The first kappa shape index (κ1) is 60.7. The van der Waals surface area contributed by atoms with Gasteiger partial charge in [0, 0.05) is 0 Å². The molecule has 1 aliphatic rings. The second-order valence-corrected chi connectivity index (χ2v) is 22.9. The van der Waals surface area contributed by atoms with E-state index in [1.54, 1.807) is 19.1 Å². The number of aromatic hydroxyl groups is 1. The maximum atomic E-state index is 12.9. The molecule has 0 heterocycles. The molecule has 0 radical (unpaired) electrons. The number of halogens is 2. The van der Waals surface area contributed by atoms with Gasteiger partial charge in [0.1, 0.15) is 5.75 Å². The lowest BCUT2D eigenvalue weighted by Gasteiger charge is -2.26. The Hall–Kier alpha value is -5.85. The smallest absolute Gasteiger partial charge is 0.369 e. The average molecular weight is 1050 g/mol. The van der Waals surface area contributed by atoms with Crippen molar-refractivity contribution in [2.75, 3.05) is 0 Å². The molecule has 11 heteroatoms. The van der Waals surface area contributed by atoms with Gasteiger partial charge >= 0.3 is 11.2 Å². The van der Waals surface area contributed by atoms with Crippen molar-refractivity contribution in [3.8, 4) is 5.75 Å². The monoisotopic (exact) mass is 1050 g/mol. The van der Waals surface area contributed by atoms with E-state index in [0.717, 1.165) is 18.4 Å². The number of carbonyl (C=O) groups excluding carboxylic acids is 1. The highest BCUT2D eigenvalue weighted by Gasteiger charge is 2.46. The molecule has 74 heavy (non-hydrogen) atoms. The number of esters is 1. The molecule has 396 valence electrons. The topological polar surface area (TPSA) is 124 Å². The van der Waals surface area contributed by atoms with Crippen LogP contribution in [0.2, 0.25) is 0 Å². The number of aliphatic hydroxyl groups is 1. The number of rotatable bonds is 13. The maximum absolute atomic E-state index is 12.9. The second-order valence-electron chi connectivity index (χ2n) is 19.4. The van der Waals surface area contributed by atoms with Gasteiger partial charge in [0.25, 0.3) is 0 Å². The number of hydrogen-bond acceptors (Lipinski definition) is 7. The lowest BCUT2D eigenvalue weighted by Crippen LogP contribution is -2.42. The number of alkyl halides is 2. The summed E-state index contributed by atoms with van der Waals surface area (Å²) < 4.78 is 60.6. The number of phenolic OH excluding ortho intramolecular Hbond substituents is 1. The van der Waals surface area contributed by atoms with Gasteiger partial charge < -0.3 is 19.5 Å². The molecule has 0 saturated carbocycles. The van der Waals surface area contributed by atoms with Crippen molar-refractivity contribution in [3.63, 3.8) is 0 Å². The van der Waals surface area contributed by atoms with Crippen LogP contribution in [0.5, 0.6) is 5.75 Å². The molecule has 0 aliphatic heterocycles. The van der Waals surface area contributed by atoms with Gasteiger partial charge in [0.2, 0.25) is 0 Å². The zero-order valence-electron chi connectivity index (χ0n) is 44.8. The number of benzene rings is 7. The van der Waals surface area contributed by atoms with Gasteiger partial charge in [0.05, 0.1) is 22.4 Å². The Kier molecular flexibility index (Phi) is 23.1. The number of hydrogen-bond donors (Lipinski definition) is 2. The van der Waals surface area contributed by atoms with E-state index in [1.807, 2.05) is 38.1 Å². The number of carbonyl (C=O) groups is 1. The van der Waals surface area contributed by atoms with Crippen molar-refractivity contribution in [3.05, 3.63) is 204 Å². The summed E-state index contributed by atoms with van der Waals surface area (Å²) in [5, 5.41) is 17.1. The molecule has 6 atom stereocenters. The van der Waals surface area contributed by atoms with Gasteiger partial charge in [0.15, 0.2) is 30.9 Å². The van der Waals surface area contributed by atoms with E-state index in [2.05, 4.69) is 186 Å². The third-order valence-electron chi connectivity index (χ3n) is 13.6. The second kappa shape index (κ2) is 28.2. The molecule has 0 aromatic heterocycles. The Morgan fingerprint density at radius 2 is 0.986 bits per heavy atom. The predicted molar refractivity (Wildman–Crippen MR) is 299 cm³/mol. The third kappa shape index (κ3) is 16.8. The lowest BCUT2D eigenvalue weighted by atomic mass is 9.93. The van der Waals surface area contributed by atoms with Crippen molar-refractivity contribution in [1.29, 1.82) is 0 Å². The SMILES string of the molecule is CC1c2cccc3cccc(c23)C1C.CCC(C)C(=O)OC(C)C(F)(F)S(=O)(=O)[O-].CCC(C)c1ccc(C(C)(C)O)cc1.CCC(C)c1ccc(O)cc1.c1ccc([S+](c2ccccc2)c2ccccc2)cc1. The van der Waals surface area contributed by atoms with Gasteiger partial charge in [-0.05, 0) is 151 Å². The molecule has 1 aliphatic carbocycles. The molecule has 0 bridgehead atoms. The van der Waals surface area contributed by atoms with Crippen LogP contribution in [0, 0.1) is 5.92 Å². The van der Waals surface area contributed by atoms with Crippen molar-refractivity contribution < 1.29 is 41.5 Å². The fourth-order valence-electron chi connectivity index (χ4n) is 8.00. The van der Waals surface area contributed by atoms with Crippen LogP contribution in [0.1, 0.15) is 147 Å². The summed E-state index contributed by atoms with van der Waals surface area (Å²) >= 11 is 0. The highest BCUT2D eigenvalue weighted by Crippen LogP contribution is 2.46. The van der Waals surface area contributed by atoms with Crippen LogP contribution in [-0.4, -0.2) is 40.5 Å². The van der Waals surface area contributed by atoms with Gasteiger partial charge in [-0.3, -0.25) is 4.79 Å². The van der Waals surface area contributed by atoms with E-state index in [4.69, 9.17) is 5.11 Å². The van der Waals surface area contributed by atoms with Crippen molar-refractivity contribution in [2.45, 2.75) is 151 Å². The predicted octanol–water partition coefficient (Wildman–Crippen LogP) is 16.3. The fraction of sp³-hybridized carbons (Fsp3) is 0.349. The number of ether oxygens (including phenoxy) is 1. The fourth-order valence-corrected chi connectivity index (χ4v) is 10.6. The molecule has 0 amide bonds. The van der Waals surface area contributed by atoms with Crippen LogP contribution in [-0.2, 0) is 36.1 Å². The molecule has 0 fully saturated rings. The standard InChI is InChI=1S/C18H15S.C14H14.C13H20O.C10H14O.C8H14F2O5S/c1-4-10-16(11-5-1)19(17-12-6-2-7-13-17)18-14-8-3-9-15-18;1-9-10(2)13-8-4-6-11-5-3-7-12(9)14(11)13;1-5-10(2)11-6-8-12(9-7-11)13(3,4)14;1-3-8(2)9-4-6-10(11)7-5-9;1-4-5(2)7(11)15-6(3)8(9,10)16(12,13)14/h1-15H;3-10H,1-2H3;6-10,14H,5H2,1-4H3;4-8,11H,3H2,1-2H3;5-6H,4H2,1-3H3,(H,12,13,14)/q+1;;;;/p-1.